The lowest BCUT2D eigenvalue weighted by atomic mass is 9.97. The highest BCUT2D eigenvalue weighted by Crippen LogP contribution is 2.38. The zero-order valence-electron chi connectivity index (χ0n) is 13.4. The van der Waals surface area contributed by atoms with Crippen molar-refractivity contribution >= 4 is 5.69 Å². The summed E-state index contributed by atoms with van der Waals surface area (Å²) in [5.41, 5.74) is 6.68. The molecule has 0 N–H and O–H groups in total. The Morgan fingerprint density at radius 2 is 1.52 bits per heavy atom. The molecule has 0 saturated carbocycles. The molecule has 0 saturated heterocycles. The van der Waals surface area contributed by atoms with Crippen LogP contribution in [0.5, 0.6) is 0 Å². The summed E-state index contributed by atoms with van der Waals surface area (Å²) in [5, 5.41) is 18.8. The van der Waals surface area contributed by atoms with Crippen LogP contribution >= 0.6 is 0 Å². The number of benzene rings is 1. The molecule has 0 unspecified atom stereocenters. The van der Waals surface area contributed by atoms with Crippen LogP contribution in [0.25, 0.3) is 0 Å². The normalized spacial score (nSPS) is 18.0. The van der Waals surface area contributed by atoms with Crippen LogP contribution in [0.3, 0.4) is 0 Å². The van der Waals surface area contributed by atoms with Gasteiger partial charge in [0.05, 0.1) is 0 Å². The van der Waals surface area contributed by atoms with Crippen LogP contribution in [0.4, 0.5) is 5.69 Å². The number of allylic oxidation sites excluding steroid dienone is 2. The summed E-state index contributed by atoms with van der Waals surface area (Å²) in [5.74, 6) is 0. The molecule has 1 aromatic carbocycles. The molecule has 0 bridgehead atoms. The third kappa shape index (κ3) is 2.04. The van der Waals surface area contributed by atoms with Gasteiger partial charge in [-0.1, -0.05) is 6.07 Å². The lowest BCUT2D eigenvalue weighted by Crippen LogP contribution is -2.36. The minimum Gasteiger partial charge on any atom is -0.343 e. The van der Waals surface area contributed by atoms with Crippen molar-refractivity contribution in [3.63, 3.8) is 0 Å². The van der Waals surface area contributed by atoms with Crippen molar-refractivity contribution in [2.45, 2.75) is 40.8 Å². The maximum absolute atomic E-state index is 9.51. The maximum atomic E-state index is 9.51. The molecule has 0 aliphatic carbocycles. The molecule has 1 aromatic rings. The predicted molar refractivity (Wildman–Crippen MR) is 83.3 cm³/mol. The van der Waals surface area contributed by atoms with Crippen LogP contribution in [0.2, 0.25) is 0 Å². The van der Waals surface area contributed by atoms with Crippen LogP contribution in [0.15, 0.2) is 17.5 Å². The first-order valence-electron chi connectivity index (χ1n) is 6.99. The van der Waals surface area contributed by atoms with Gasteiger partial charge in [0.2, 0.25) is 0 Å². The highest BCUT2D eigenvalue weighted by Gasteiger charge is 2.36. The Morgan fingerprint density at radius 3 is 2.05 bits per heavy atom. The van der Waals surface area contributed by atoms with Crippen molar-refractivity contribution in [1.82, 2.24) is 4.90 Å². The van der Waals surface area contributed by atoms with E-state index in [4.69, 9.17) is 0 Å². The zero-order chi connectivity index (χ0) is 15.9. The van der Waals surface area contributed by atoms with E-state index in [0.29, 0.717) is 11.4 Å². The summed E-state index contributed by atoms with van der Waals surface area (Å²) < 4.78 is 0. The van der Waals surface area contributed by atoms with E-state index in [1.807, 2.05) is 23.8 Å². The second kappa shape index (κ2) is 5.14. The molecule has 1 heterocycles. The monoisotopic (exact) mass is 280 g/mol. The minimum atomic E-state index is -0.0474. The van der Waals surface area contributed by atoms with Gasteiger partial charge in [-0.25, -0.2) is 0 Å². The minimum absolute atomic E-state index is 0.0474. The Labute approximate surface area is 126 Å². The molecule has 0 spiro atoms. The van der Waals surface area contributed by atoms with Crippen LogP contribution < -0.4 is 4.90 Å². The Hall–Kier alpha value is -2.46. The number of nitrogens with zero attached hydrogens (tertiary/aromatic N) is 4. The van der Waals surface area contributed by atoms with Gasteiger partial charge >= 0.3 is 0 Å². The molecule has 1 aliphatic rings. The number of aryl methyl sites for hydroxylation is 2. The molecule has 1 atom stereocenters. The molecule has 0 amide bonds. The van der Waals surface area contributed by atoms with Crippen molar-refractivity contribution in [3.8, 4) is 12.1 Å². The van der Waals surface area contributed by atoms with Crippen LogP contribution in [-0.2, 0) is 0 Å². The van der Waals surface area contributed by atoms with Gasteiger partial charge in [0, 0.05) is 12.7 Å². The molecule has 0 aromatic heterocycles. The number of hydrogen-bond donors (Lipinski definition) is 0. The summed E-state index contributed by atoms with van der Waals surface area (Å²) in [6.45, 7) is 10.3. The van der Waals surface area contributed by atoms with Crippen molar-refractivity contribution in [1.29, 1.82) is 10.5 Å². The van der Waals surface area contributed by atoms with Crippen molar-refractivity contribution in [3.05, 3.63) is 39.7 Å². The standard InChI is InChI=1S/C17H20N4/c1-10-7-11(2)17(13(4)12(10)3)21-14(5)20(6)15(8-18)16(21)9-19/h7,14H,1-6H3/t14-/m0/s1. The van der Waals surface area contributed by atoms with Gasteiger partial charge in [0.15, 0.2) is 11.4 Å². The molecule has 2 rings (SSSR count). The zero-order valence-corrected chi connectivity index (χ0v) is 13.4. The second-order valence-electron chi connectivity index (χ2n) is 5.64. The summed E-state index contributed by atoms with van der Waals surface area (Å²) in [7, 11) is 1.85. The average Bonchev–Trinajstić information content (AvgIpc) is 2.69. The molecule has 0 fully saturated rings. The van der Waals surface area contributed by atoms with Crippen LogP contribution in [0.1, 0.15) is 29.2 Å². The number of hydrogen-bond acceptors (Lipinski definition) is 4. The molecule has 4 nitrogen and oxygen atoms in total. The number of nitriles is 2. The Kier molecular flexibility index (Phi) is 3.66. The van der Waals surface area contributed by atoms with E-state index in [1.54, 1.807) is 0 Å². The first-order valence-corrected chi connectivity index (χ1v) is 6.99. The van der Waals surface area contributed by atoms with Gasteiger partial charge in [-0.05, 0) is 56.9 Å². The second-order valence-corrected chi connectivity index (χ2v) is 5.64. The number of rotatable bonds is 1. The molecular weight excluding hydrogens is 260 g/mol. The lowest BCUT2D eigenvalue weighted by molar-refractivity contribution is 0.367. The third-order valence-electron chi connectivity index (χ3n) is 4.52. The van der Waals surface area contributed by atoms with Gasteiger partial charge in [-0.15, -0.1) is 0 Å². The summed E-state index contributed by atoms with van der Waals surface area (Å²) in [4.78, 5) is 3.84. The molecule has 4 heteroatoms. The fourth-order valence-corrected chi connectivity index (χ4v) is 3.01. The smallest absolute Gasteiger partial charge is 0.157 e. The molecule has 0 radical (unpaired) electrons. The lowest BCUT2D eigenvalue weighted by Gasteiger charge is -2.31. The molecule has 21 heavy (non-hydrogen) atoms. The summed E-state index contributed by atoms with van der Waals surface area (Å²) in [6.07, 6.45) is -0.0474. The van der Waals surface area contributed by atoms with Crippen molar-refractivity contribution in [2.24, 2.45) is 0 Å². The first-order chi connectivity index (χ1) is 9.84. The van der Waals surface area contributed by atoms with E-state index in [0.717, 1.165) is 11.3 Å². The van der Waals surface area contributed by atoms with Gasteiger partial charge in [0.1, 0.15) is 18.3 Å². The highest BCUT2D eigenvalue weighted by molar-refractivity contribution is 5.70. The van der Waals surface area contributed by atoms with Gasteiger partial charge < -0.3 is 9.80 Å². The van der Waals surface area contributed by atoms with E-state index in [9.17, 15) is 10.5 Å². The van der Waals surface area contributed by atoms with Crippen LogP contribution in [-0.4, -0.2) is 18.1 Å². The summed E-state index contributed by atoms with van der Waals surface area (Å²) >= 11 is 0. The SMILES string of the molecule is Cc1cc(C)c(N2C(C#N)=C(C#N)N(C)[C@@H]2C)c(C)c1C. The van der Waals surface area contributed by atoms with Gasteiger partial charge in [-0.3, -0.25) is 0 Å². The van der Waals surface area contributed by atoms with E-state index < -0.39 is 0 Å². The number of anilines is 1. The largest absolute Gasteiger partial charge is 0.343 e. The third-order valence-corrected chi connectivity index (χ3v) is 4.52. The highest BCUT2D eigenvalue weighted by atomic mass is 15.4. The average molecular weight is 280 g/mol. The maximum Gasteiger partial charge on any atom is 0.157 e. The first kappa shape index (κ1) is 14.9. The Balaban J connectivity index is 2.74. The van der Waals surface area contributed by atoms with Crippen molar-refractivity contribution in [2.75, 3.05) is 11.9 Å². The summed E-state index contributed by atoms with van der Waals surface area (Å²) in [6, 6.07) is 6.50. The predicted octanol–water partition coefficient (Wildman–Crippen LogP) is 3.28. The van der Waals surface area contributed by atoms with E-state index in [2.05, 4.69) is 45.9 Å². The Bertz CT molecular complexity index is 716. The fraction of sp³-hybridized carbons (Fsp3) is 0.412. The van der Waals surface area contributed by atoms with E-state index >= 15 is 0 Å². The van der Waals surface area contributed by atoms with Crippen LogP contribution in [0, 0.1) is 50.4 Å². The Morgan fingerprint density at radius 1 is 0.952 bits per heavy atom. The van der Waals surface area contributed by atoms with E-state index in [1.165, 1.54) is 16.7 Å². The van der Waals surface area contributed by atoms with Crippen molar-refractivity contribution < 1.29 is 0 Å². The quantitative estimate of drug-likeness (QED) is 0.792. The van der Waals surface area contributed by atoms with Gasteiger partial charge in [0.25, 0.3) is 0 Å². The van der Waals surface area contributed by atoms with Gasteiger partial charge in [-0.2, -0.15) is 10.5 Å². The topological polar surface area (TPSA) is 54.1 Å². The molecular formula is C17H20N4. The van der Waals surface area contributed by atoms with E-state index in [-0.39, 0.29) is 6.17 Å². The fourth-order valence-electron chi connectivity index (χ4n) is 3.01. The molecule has 1 aliphatic heterocycles. The molecule has 108 valence electrons.